The van der Waals surface area contributed by atoms with Crippen LogP contribution in [0.5, 0.6) is 0 Å². The number of ether oxygens (including phenoxy) is 1. The first-order valence-corrected chi connectivity index (χ1v) is 5.86. The van der Waals surface area contributed by atoms with Gasteiger partial charge in [0.05, 0.1) is 0 Å². The van der Waals surface area contributed by atoms with Gasteiger partial charge in [0.2, 0.25) is 6.41 Å². The fourth-order valence-corrected chi connectivity index (χ4v) is 2.60. The Morgan fingerprint density at radius 3 is 2.53 bits per heavy atom. The van der Waals surface area contributed by atoms with Gasteiger partial charge in [-0.15, -0.1) is 0 Å². The Morgan fingerprint density at radius 1 is 1.29 bits per heavy atom. The van der Waals surface area contributed by atoms with Gasteiger partial charge in [-0.3, -0.25) is 4.79 Å². The van der Waals surface area contributed by atoms with Crippen LogP contribution in [0.1, 0.15) is 24.5 Å². The number of hydrogen-bond acceptors (Lipinski definition) is 2. The van der Waals surface area contributed by atoms with Crippen LogP contribution >= 0.6 is 0 Å². The Bertz CT molecular complexity index is 424. The van der Waals surface area contributed by atoms with Crippen molar-refractivity contribution in [2.24, 2.45) is 0 Å². The Morgan fingerprint density at radius 2 is 1.94 bits per heavy atom. The minimum atomic E-state index is -0.223. The van der Waals surface area contributed by atoms with E-state index in [-0.39, 0.29) is 17.5 Å². The second-order valence-corrected chi connectivity index (χ2v) is 4.76. The van der Waals surface area contributed by atoms with Crippen molar-refractivity contribution in [1.82, 2.24) is 4.90 Å². The Labute approximate surface area is 99.2 Å². The van der Waals surface area contributed by atoms with Gasteiger partial charge in [0.1, 0.15) is 17.5 Å². The van der Waals surface area contributed by atoms with Crippen molar-refractivity contribution in [3.8, 4) is 0 Å². The van der Waals surface area contributed by atoms with Crippen LogP contribution in [0, 0.1) is 5.82 Å². The van der Waals surface area contributed by atoms with E-state index < -0.39 is 0 Å². The quantitative estimate of drug-likeness (QED) is 0.579. The second kappa shape index (κ2) is 3.81. The average molecular weight is 235 g/mol. The summed E-state index contributed by atoms with van der Waals surface area (Å²) in [5.74, 6) is -0.223. The van der Waals surface area contributed by atoms with Crippen LogP contribution in [0.4, 0.5) is 4.39 Å². The zero-order valence-corrected chi connectivity index (χ0v) is 9.43. The first kappa shape index (κ1) is 10.7. The third-order valence-electron chi connectivity index (χ3n) is 3.74. The smallest absolute Gasteiger partial charge is 0.209 e. The molecule has 0 N–H and O–H groups in total. The van der Waals surface area contributed by atoms with Crippen LogP contribution in [-0.2, 0) is 9.53 Å². The molecule has 0 aliphatic carbocycles. The molecule has 4 heteroatoms. The van der Waals surface area contributed by atoms with E-state index in [1.165, 1.54) is 12.1 Å². The summed E-state index contributed by atoms with van der Waals surface area (Å²) in [7, 11) is 0. The number of epoxide rings is 1. The molecule has 1 spiro atoms. The zero-order chi connectivity index (χ0) is 11.9. The Kier molecular flexibility index (Phi) is 2.40. The standard InChI is InChI=1S/C13H14FNO2/c14-11-3-1-10(2-4-11)12-13(17-12)5-7-15(9-16)8-6-13/h1-4,9,12H,5-8H2. The maximum absolute atomic E-state index is 12.8. The summed E-state index contributed by atoms with van der Waals surface area (Å²) in [5, 5.41) is 0. The minimum absolute atomic E-state index is 0.0805. The second-order valence-electron chi connectivity index (χ2n) is 4.76. The summed E-state index contributed by atoms with van der Waals surface area (Å²) < 4.78 is 18.6. The molecule has 1 atom stereocenters. The molecule has 2 aliphatic heterocycles. The van der Waals surface area contributed by atoms with E-state index in [1.54, 1.807) is 17.0 Å². The average Bonchev–Trinajstić information content (AvgIpc) is 3.05. The number of amides is 1. The Hall–Kier alpha value is -1.42. The predicted octanol–water partition coefficient (Wildman–Crippen LogP) is 1.89. The van der Waals surface area contributed by atoms with Gasteiger partial charge in [0.25, 0.3) is 0 Å². The highest BCUT2D eigenvalue weighted by Gasteiger charge is 2.57. The molecule has 1 amide bonds. The Balaban J connectivity index is 1.69. The number of halogens is 1. The lowest BCUT2D eigenvalue weighted by Crippen LogP contribution is -2.37. The number of carbonyl (C=O) groups excluding carboxylic acids is 1. The monoisotopic (exact) mass is 235 g/mol. The van der Waals surface area contributed by atoms with Crippen molar-refractivity contribution >= 4 is 6.41 Å². The predicted molar refractivity (Wildman–Crippen MR) is 59.8 cm³/mol. The van der Waals surface area contributed by atoms with Crippen LogP contribution < -0.4 is 0 Å². The van der Waals surface area contributed by atoms with Crippen LogP contribution in [0.25, 0.3) is 0 Å². The number of carbonyl (C=O) groups is 1. The molecule has 3 rings (SSSR count). The SMILES string of the molecule is O=CN1CCC2(CC1)OC2c1ccc(F)cc1. The van der Waals surface area contributed by atoms with Gasteiger partial charge in [-0.2, -0.15) is 0 Å². The van der Waals surface area contributed by atoms with E-state index >= 15 is 0 Å². The van der Waals surface area contributed by atoms with E-state index in [0.29, 0.717) is 0 Å². The summed E-state index contributed by atoms with van der Waals surface area (Å²) in [6, 6.07) is 6.48. The van der Waals surface area contributed by atoms with Crippen molar-refractivity contribution < 1.29 is 13.9 Å². The fraction of sp³-hybridized carbons (Fsp3) is 0.462. The van der Waals surface area contributed by atoms with Crippen molar-refractivity contribution in [2.75, 3.05) is 13.1 Å². The number of hydrogen-bond donors (Lipinski definition) is 0. The van der Waals surface area contributed by atoms with Gasteiger partial charge >= 0.3 is 0 Å². The maximum atomic E-state index is 12.8. The van der Waals surface area contributed by atoms with Gasteiger partial charge in [0, 0.05) is 13.1 Å². The first-order chi connectivity index (χ1) is 8.23. The summed E-state index contributed by atoms with van der Waals surface area (Å²) in [4.78, 5) is 12.4. The number of nitrogens with zero attached hydrogens (tertiary/aromatic N) is 1. The molecule has 17 heavy (non-hydrogen) atoms. The molecule has 1 unspecified atom stereocenters. The summed E-state index contributed by atoms with van der Waals surface area (Å²) in [5.41, 5.74) is 0.933. The normalized spacial score (nSPS) is 25.9. The highest BCUT2D eigenvalue weighted by molar-refractivity contribution is 5.47. The van der Waals surface area contributed by atoms with E-state index in [1.807, 2.05) is 0 Å². The molecule has 2 heterocycles. The van der Waals surface area contributed by atoms with Gasteiger partial charge in [0.15, 0.2) is 0 Å². The van der Waals surface area contributed by atoms with E-state index in [2.05, 4.69) is 0 Å². The van der Waals surface area contributed by atoms with Crippen molar-refractivity contribution in [3.63, 3.8) is 0 Å². The van der Waals surface area contributed by atoms with Crippen LogP contribution in [0.3, 0.4) is 0 Å². The van der Waals surface area contributed by atoms with Gasteiger partial charge in [-0.05, 0) is 30.5 Å². The molecular formula is C13H14FNO2. The minimum Gasteiger partial charge on any atom is -0.361 e. The molecule has 2 saturated heterocycles. The number of likely N-dealkylation sites (tertiary alicyclic amines) is 1. The molecule has 1 aromatic rings. The summed E-state index contributed by atoms with van der Waals surface area (Å²) in [6.07, 6.45) is 2.71. The molecular weight excluding hydrogens is 221 g/mol. The van der Waals surface area contributed by atoms with E-state index in [0.717, 1.165) is 37.9 Å². The van der Waals surface area contributed by atoms with Crippen molar-refractivity contribution in [3.05, 3.63) is 35.6 Å². The molecule has 0 radical (unpaired) electrons. The molecule has 0 saturated carbocycles. The number of piperidine rings is 1. The third kappa shape index (κ3) is 1.82. The van der Waals surface area contributed by atoms with Gasteiger partial charge in [-0.1, -0.05) is 12.1 Å². The molecule has 1 aromatic carbocycles. The molecule has 3 nitrogen and oxygen atoms in total. The largest absolute Gasteiger partial charge is 0.361 e. The molecule has 90 valence electrons. The van der Waals surface area contributed by atoms with Gasteiger partial charge < -0.3 is 9.64 Å². The first-order valence-electron chi connectivity index (χ1n) is 5.86. The number of rotatable bonds is 2. The summed E-state index contributed by atoms with van der Waals surface area (Å²) in [6.45, 7) is 1.50. The zero-order valence-electron chi connectivity index (χ0n) is 9.43. The lowest BCUT2D eigenvalue weighted by molar-refractivity contribution is -0.119. The molecule has 2 aliphatic rings. The van der Waals surface area contributed by atoms with Crippen molar-refractivity contribution in [1.29, 1.82) is 0 Å². The maximum Gasteiger partial charge on any atom is 0.209 e. The number of benzene rings is 1. The fourth-order valence-electron chi connectivity index (χ4n) is 2.60. The van der Waals surface area contributed by atoms with Gasteiger partial charge in [-0.25, -0.2) is 4.39 Å². The van der Waals surface area contributed by atoms with Crippen molar-refractivity contribution in [2.45, 2.75) is 24.5 Å². The lowest BCUT2D eigenvalue weighted by atomic mass is 9.90. The highest BCUT2D eigenvalue weighted by Crippen LogP contribution is 2.55. The van der Waals surface area contributed by atoms with Crippen LogP contribution in [0.15, 0.2) is 24.3 Å². The molecule has 0 bridgehead atoms. The molecule has 2 fully saturated rings. The van der Waals surface area contributed by atoms with Crippen LogP contribution in [0.2, 0.25) is 0 Å². The van der Waals surface area contributed by atoms with Crippen LogP contribution in [-0.4, -0.2) is 30.0 Å². The summed E-state index contributed by atoms with van der Waals surface area (Å²) >= 11 is 0. The third-order valence-corrected chi connectivity index (χ3v) is 3.74. The molecule has 0 aromatic heterocycles. The van der Waals surface area contributed by atoms with E-state index in [9.17, 15) is 9.18 Å². The topological polar surface area (TPSA) is 32.8 Å². The highest BCUT2D eigenvalue weighted by atomic mass is 19.1. The van der Waals surface area contributed by atoms with E-state index in [4.69, 9.17) is 4.74 Å². The lowest BCUT2D eigenvalue weighted by Gasteiger charge is -2.27.